The van der Waals surface area contributed by atoms with Crippen LogP contribution in [-0.4, -0.2) is 9.55 Å². The minimum atomic E-state index is 1.01. The van der Waals surface area contributed by atoms with Crippen molar-refractivity contribution in [1.82, 2.24) is 9.55 Å². The molecule has 0 N–H and O–H groups in total. The lowest BCUT2D eigenvalue weighted by Crippen LogP contribution is -1.99. The van der Waals surface area contributed by atoms with Crippen molar-refractivity contribution in [1.29, 1.82) is 0 Å². The molecule has 1 heterocycles. The highest BCUT2D eigenvalue weighted by molar-refractivity contribution is 5.61. The zero-order chi connectivity index (χ0) is 14.1. The van der Waals surface area contributed by atoms with Crippen LogP contribution in [0.5, 0.6) is 0 Å². The van der Waals surface area contributed by atoms with E-state index in [1.165, 1.54) is 11.3 Å². The van der Waals surface area contributed by atoms with Gasteiger partial charge in [-0.2, -0.15) is 0 Å². The van der Waals surface area contributed by atoms with Crippen molar-refractivity contribution in [2.45, 2.75) is 20.8 Å². The van der Waals surface area contributed by atoms with Crippen LogP contribution in [0.15, 0.2) is 54.6 Å². The number of hydrogen-bond donors (Lipinski definition) is 0. The molecule has 2 nitrogen and oxygen atoms in total. The Morgan fingerprint density at radius 2 is 1.45 bits per heavy atom. The fraction of sp³-hybridized carbons (Fsp3) is 0.167. The summed E-state index contributed by atoms with van der Waals surface area (Å²) in [4.78, 5) is 4.75. The Balaban J connectivity index is 2.22. The molecule has 100 valence electrons. The molecular weight excluding hydrogens is 244 g/mol. The second-order valence-corrected chi connectivity index (χ2v) is 5.14. The molecule has 0 spiro atoms. The number of imidazole rings is 1. The van der Waals surface area contributed by atoms with Crippen LogP contribution in [-0.2, 0) is 0 Å². The number of para-hydroxylation sites is 1. The Morgan fingerprint density at radius 3 is 2.10 bits per heavy atom. The first-order chi connectivity index (χ1) is 9.66. The van der Waals surface area contributed by atoms with Gasteiger partial charge in [0, 0.05) is 16.9 Å². The topological polar surface area (TPSA) is 17.8 Å². The molecule has 0 amide bonds. The second kappa shape index (κ2) is 4.97. The van der Waals surface area contributed by atoms with Gasteiger partial charge in [-0.3, -0.25) is 4.57 Å². The summed E-state index contributed by atoms with van der Waals surface area (Å²) in [5, 5.41) is 0. The van der Waals surface area contributed by atoms with Gasteiger partial charge < -0.3 is 0 Å². The molecule has 0 atom stereocenters. The summed E-state index contributed by atoms with van der Waals surface area (Å²) >= 11 is 0. The Kier molecular flexibility index (Phi) is 3.15. The first-order valence-electron chi connectivity index (χ1n) is 6.85. The standard InChI is InChI=1S/C18H18N2/c1-13-9-11-16(12-10-13)18-19-14(2)15(3)20(18)17-7-5-4-6-8-17/h4-12H,1-3H3. The van der Waals surface area contributed by atoms with E-state index in [9.17, 15) is 0 Å². The molecule has 0 bridgehead atoms. The van der Waals surface area contributed by atoms with Gasteiger partial charge in [0.05, 0.1) is 5.69 Å². The molecule has 0 radical (unpaired) electrons. The molecule has 0 saturated heterocycles. The maximum Gasteiger partial charge on any atom is 0.145 e. The van der Waals surface area contributed by atoms with Crippen LogP contribution >= 0.6 is 0 Å². The molecule has 1 aromatic heterocycles. The lowest BCUT2D eigenvalue weighted by molar-refractivity contribution is 1.01. The molecule has 3 rings (SSSR count). The van der Waals surface area contributed by atoms with Crippen molar-refractivity contribution in [3.63, 3.8) is 0 Å². The first-order valence-corrected chi connectivity index (χ1v) is 6.85. The van der Waals surface area contributed by atoms with E-state index in [0.29, 0.717) is 0 Å². The zero-order valence-corrected chi connectivity index (χ0v) is 12.1. The van der Waals surface area contributed by atoms with Gasteiger partial charge in [-0.05, 0) is 32.9 Å². The van der Waals surface area contributed by atoms with Crippen LogP contribution in [0.25, 0.3) is 17.1 Å². The third-order valence-corrected chi connectivity index (χ3v) is 3.67. The van der Waals surface area contributed by atoms with E-state index in [2.05, 4.69) is 73.9 Å². The van der Waals surface area contributed by atoms with Gasteiger partial charge in [-0.1, -0.05) is 48.0 Å². The average Bonchev–Trinajstić information content (AvgIpc) is 2.77. The molecule has 0 aliphatic rings. The maximum atomic E-state index is 4.75. The highest BCUT2D eigenvalue weighted by atomic mass is 15.1. The van der Waals surface area contributed by atoms with Crippen LogP contribution in [0.3, 0.4) is 0 Å². The van der Waals surface area contributed by atoms with Crippen LogP contribution < -0.4 is 0 Å². The monoisotopic (exact) mass is 262 g/mol. The predicted octanol–water partition coefficient (Wildman–Crippen LogP) is 4.46. The highest BCUT2D eigenvalue weighted by Gasteiger charge is 2.13. The molecule has 0 unspecified atom stereocenters. The minimum absolute atomic E-state index is 1.01. The van der Waals surface area contributed by atoms with Gasteiger partial charge in [-0.25, -0.2) is 4.98 Å². The third kappa shape index (κ3) is 2.14. The van der Waals surface area contributed by atoms with Gasteiger partial charge in [-0.15, -0.1) is 0 Å². The fourth-order valence-electron chi connectivity index (χ4n) is 2.40. The smallest absolute Gasteiger partial charge is 0.145 e. The number of aryl methyl sites for hydroxylation is 2. The minimum Gasteiger partial charge on any atom is -0.297 e. The summed E-state index contributed by atoms with van der Waals surface area (Å²) in [6.45, 7) is 6.28. The number of hydrogen-bond acceptors (Lipinski definition) is 1. The molecule has 0 aliphatic carbocycles. The number of aromatic nitrogens is 2. The summed E-state index contributed by atoms with van der Waals surface area (Å²) in [5.41, 5.74) is 5.83. The average molecular weight is 262 g/mol. The molecule has 20 heavy (non-hydrogen) atoms. The van der Waals surface area contributed by atoms with E-state index in [-0.39, 0.29) is 0 Å². The summed E-state index contributed by atoms with van der Waals surface area (Å²) in [7, 11) is 0. The van der Waals surface area contributed by atoms with Gasteiger partial charge >= 0.3 is 0 Å². The van der Waals surface area contributed by atoms with E-state index in [1.54, 1.807) is 0 Å². The molecule has 0 aliphatic heterocycles. The van der Waals surface area contributed by atoms with Crippen LogP contribution in [0.1, 0.15) is 17.0 Å². The van der Waals surface area contributed by atoms with Gasteiger partial charge in [0.1, 0.15) is 5.82 Å². The Bertz CT molecular complexity index is 722. The Morgan fingerprint density at radius 1 is 0.800 bits per heavy atom. The van der Waals surface area contributed by atoms with Crippen molar-refractivity contribution >= 4 is 0 Å². The maximum absolute atomic E-state index is 4.75. The Hall–Kier alpha value is -2.35. The SMILES string of the molecule is Cc1ccc(-c2nc(C)c(C)n2-c2ccccc2)cc1. The van der Waals surface area contributed by atoms with E-state index in [1.807, 2.05) is 6.07 Å². The van der Waals surface area contributed by atoms with Gasteiger partial charge in [0.15, 0.2) is 0 Å². The zero-order valence-electron chi connectivity index (χ0n) is 12.1. The third-order valence-electron chi connectivity index (χ3n) is 3.67. The lowest BCUT2D eigenvalue weighted by Gasteiger charge is -2.10. The normalized spacial score (nSPS) is 10.8. The van der Waals surface area contributed by atoms with E-state index in [4.69, 9.17) is 4.98 Å². The van der Waals surface area contributed by atoms with Gasteiger partial charge in [0.2, 0.25) is 0 Å². The van der Waals surface area contributed by atoms with Crippen molar-refractivity contribution in [2.75, 3.05) is 0 Å². The summed E-state index contributed by atoms with van der Waals surface area (Å²) in [5.74, 6) is 1.01. The van der Waals surface area contributed by atoms with Gasteiger partial charge in [0.25, 0.3) is 0 Å². The second-order valence-electron chi connectivity index (χ2n) is 5.14. The highest BCUT2D eigenvalue weighted by Crippen LogP contribution is 2.26. The van der Waals surface area contributed by atoms with Crippen molar-refractivity contribution < 1.29 is 0 Å². The molecule has 2 aromatic carbocycles. The first kappa shape index (κ1) is 12.7. The van der Waals surface area contributed by atoms with Crippen LogP contribution in [0.4, 0.5) is 0 Å². The lowest BCUT2D eigenvalue weighted by atomic mass is 10.1. The summed E-state index contributed by atoms with van der Waals surface area (Å²) in [6.07, 6.45) is 0. The number of nitrogens with zero attached hydrogens (tertiary/aromatic N) is 2. The molecule has 0 fully saturated rings. The quantitative estimate of drug-likeness (QED) is 0.666. The summed E-state index contributed by atoms with van der Waals surface area (Å²) in [6, 6.07) is 18.9. The molecule has 3 aromatic rings. The molecular formula is C18H18N2. The van der Waals surface area contributed by atoms with E-state index in [0.717, 1.165) is 22.8 Å². The fourth-order valence-corrected chi connectivity index (χ4v) is 2.40. The van der Waals surface area contributed by atoms with Crippen LogP contribution in [0.2, 0.25) is 0 Å². The number of benzene rings is 2. The number of rotatable bonds is 2. The van der Waals surface area contributed by atoms with Crippen molar-refractivity contribution in [3.05, 3.63) is 71.5 Å². The van der Waals surface area contributed by atoms with E-state index >= 15 is 0 Å². The summed E-state index contributed by atoms with van der Waals surface area (Å²) < 4.78 is 2.22. The largest absolute Gasteiger partial charge is 0.297 e. The molecule has 2 heteroatoms. The van der Waals surface area contributed by atoms with E-state index < -0.39 is 0 Å². The van der Waals surface area contributed by atoms with Crippen molar-refractivity contribution in [2.24, 2.45) is 0 Å². The van der Waals surface area contributed by atoms with Crippen molar-refractivity contribution in [3.8, 4) is 17.1 Å². The van der Waals surface area contributed by atoms with Crippen LogP contribution in [0, 0.1) is 20.8 Å². The Labute approximate surface area is 119 Å². The predicted molar refractivity (Wildman–Crippen MR) is 83.2 cm³/mol. The molecule has 0 saturated carbocycles.